The molecule has 5 unspecified atom stereocenters. The molecular weight excluding hydrogens is 1640 g/mol. The van der Waals surface area contributed by atoms with Crippen molar-refractivity contribution >= 4 is 43.5 Å². The third kappa shape index (κ3) is 65.8. The highest BCUT2D eigenvalue weighted by Crippen LogP contribution is 2.43. The number of nitrogens with one attached hydrogen (secondary N) is 2. The lowest BCUT2D eigenvalue weighted by molar-refractivity contribution is -0.298. The quantitative estimate of drug-likeness (QED) is 0.0118. The van der Waals surface area contributed by atoms with Crippen LogP contribution in [-0.4, -0.2) is 170 Å². The predicted molar refractivity (Wildman–Crippen MR) is 507 cm³/mol. The van der Waals surface area contributed by atoms with Crippen LogP contribution in [0.25, 0.3) is 0 Å². The van der Waals surface area contributed by atoms with Crippen LogP contribution in [0.2, 0.25) is 0 Å². The summed E-state index contributed by atoms with van der Waals surface area (Å²) in [7, 11) is -5.63. The molecule has 0 aromatic carbocycles. The SMILES string of the molecule is CCCCCCCCCCCCCCC(=O)O[C@H](CCCCCCCCCCCC)CC(=O)NC1[C@H](OCC2OC(O)C(NC(=O)C[C@H](O)CCCCCCCCCCCC)[C@@H](OC(=O)C[C@H](O)CCCCCCCCCCCC)[C@@H]2O)OC(CO)[C@@H](OP(=O)(O)O)[C@@H]1OC(=O)C[C@@H](CCCCCCCCCCCC)OC(=O)CCCCCCCCCCCCCC. The molecule has 748 valence electrons. The van der Waals surface area contributed by atoms with Crippen LogP contribution < -0.4 is 10.6 Å². The first-order chi connectivity index (χ1) is 61.6. The average Bonchev–Trinajstić information content (AvgIpc) is 0.779. The summed E-state index contributed by atoms with van der Waals surface area (Å²) in [6, 6.07) is -3.47. The third-order valence-electron chi connectivity index (χ3n) is 25.6. The molecule has 0 radical (unpaired) electrons. The molecule has 0 aromatic heterocycles. The summed E-state index contributed by atoms with van der Waals surface area (Å²) in [5.41, 5.74) is 0. The first-order valence-corrected chi connectivity index (χ1v) is 54.5. The molecule has 0 aromatic rings. The van der Waals surface area contributed by atoms with Crippen LogP contribution in [0.1, 0.15) is 517 Å². The van der Waals surface area contributed by atoms with Crippen molar-refractivity contribution in [2.75, 3.05) is 13.2 Å². The van der Waals surface area contributed by atoms with Gasteiger partial charge in [0.1, 0.15) is 48.7 Å². The molecule has 14 atom stereocenters. The average molecular weight is 1830 g/mol. The van der Waals surface area contributed by atoms with Gasteiger partial charge in [-0.1, -0.05) is 427 Å². The minimum Gasteiger partial charge on any atom is -0.462 e. The van der Waals surface area contributed by atoms with Gasteiger partial charge in [0.2, 0.25) is 11.8 Å². The molecule has 2 aliphatic rings. The van der Waals surface area contributed by atoms with E-state index in [1.807, 2.05) is 0 Å². The number of aliphatic hydroxyl groups is 5. The van der Waals surface area contributed by atoms with Gasteiger partial charge in [-0.3, -0.25) is 33.3 Å². The zero-order chi connectivity index (χ0) is 92.9. The Bertz CT molecular complexity index is 2660. The summed E-state index contributed by atoms with van der Waals surface area (Å²) < 4.78 is 62.1. The smallest absolute Gasteiger partial charge is 0.462 e. The number of carbonyl (C=O) groups excluding carboxylic acids is 6. The number of phosphoric ester groups is 1. The number of esters is 4. The Hall–Kier alpha value is -3.39. The largest absolute Gasteiger partial charge is 0.470 e. The Labute approximate surface area is 772 Å². The van der Waals surface area contributed by atoms with Crippen molar-refractivity contribution in [3.8, 4) is 0 Å². The molecule has 2 heterocycles. The van der Waals surface area contributed by atoms with Gasteiger partial charge in [0.05, 0.1) is 51.1 Å². The van der Waals surface area contributed by atoms with Crippen molar-refractivity contribution in [3.05, 3.63) is 0 Å². The number of phosphoric acid groups is 1. The lowest BCUT2D eigenvalue weighted by Crippen LogP contribution is -2.68. The molecule has 127 heavy (non-hydrogen) atoms. The fourth-order valence-electron chi connectivity index (χ4n) is 17.8. The maximum Gasteiger partial charge on any atom is 0.470 e. The van der Waals surface area contributed by atoms with Crippen LogP contribution in [0.5, 0.6) is 0 Å². The molecule has 2 amide bonds. The summed E-state index contributed by atoms with van der Waals surface area (Å²) >= 11 is 0. The Morgan fingerprint density at radius 3 is 0.969 bits per heavy atom. The normalized spacial score (nSPS) is 20.0. The first kappa shape index (κ1) is 120. The molecule has 24 nitrogen and oxygen atoms in total. The second-order valence-corrected chi connectivity index (χ2v) is 39.0. The number of ether oxygens (including phenoxy) is 7. The van der Waals surface area contributed by atoms with E-state index in [1.54, 1.807) is 0 Å². The van der Waals surface area contributed by atoms with Gasteiger partial charge >= 0.3 is 31.7 Å². The van der Waals surface area contributed by atoms with Crippen LogP contribution in [0.4, 0.5) is 0 Å². The van der Waals surface area contributed by atoms with Crippen LogP contribution >= 0.6 is 7.82 Å². The molecule has 0 saturated carbocycles. The van der Waals surface area contributed by atoms with Crippen LogP contribution in [0.3, 0.4) is 0 Å². The van der Waals surface area contributed by atoms with Gasteiger partial charge in [-0.05, 0) is 51.4 Å². The standard InChI is InChI=1S/C102H193N2O22P/c1-7-13-19-25-31-37-43-45-51-57-63-69-75-91(110)120-85(73-67-61-55-49-41-35-29-23-17-11-5)79-90(109)104-96-100(125-94(113)80-86(74-68-62-56-50-42-36-30-24-18-12-6)121-92(111)76-70-64-58-52-46-44-38-32-26-20-14-8-2)98(126-127(116,117)118)87(81-105)123-102(96)119-82-88-97(114)99(124-93(112)78-84(107)72-66-60-54-48-40-34-28-22-16-10-4)95(101(115)122-88)103-89(108)77-83(106)71-65-59-53-47-39-33-27-21-15-9-3/h83-88,95-102,105-107,114-115H,7-82H2,1-6H3,(H,103,108)(H,104,109)(H2,116,117,118)/t83-,84-,85-,86-,87?,88?,95?,96?,97-,98-,99-,100-,101?,102-/m1/s1. The molecule has 9 N–H and O–H groups in total. The van der Waals surface area contributed by atoms with E-state index in [-0.39, 0.29) is 25.7 Å². The van der Waals surface area contributed by atoms with E-state index in [0.29, 0.717) is 51.4 Å². The number of aliphatic hydroxyl groups excluding tert-OH is 5. The lowest BCUT2D eigenvalue weighted by atomic mass is 9.95. The van der Waals surface area contributed by atoms with Crippen LogP contribution in [0, 0.1) is 0 Å². The molecule has 2 aliphatic heterocycles. The topological polar surface area (TPSA) is 359 Å². The molecule has 2 saturated heterocycles. The van der Waals surface area contributed by atoms with E-state index in [4.69, 9.17) is 37.7 Å². The summed E-state index contributed by atoms with van der Waals surface area (Å²) in [6.45, 7) is 11.3. The first-order valence-electron chi connectivity index (χ1n) is 53.0. The number of carbonyl (C=O) groups is 6. The Morgan fingerprint density at radius 2 is 0.622 bits per heavy atom. The zero-order valence-corrected chi connectivity index (χ0v) is 82.4. The highest BCUT2D eigenvalue weighted by molar-refractivity contribution is 7.46. The third-order valence-corrected chi connectivity index (χ3v) is 26.1. The van der Waals surface area contributed by atoms with Crippen LogP contribution in [0.15, 0.2) is 0 Å². The predicted octanol–water partition coefficient (Wildman–Crippen LogP) is 23.6. The maximum absolute atomic E-state index is 15.2. The van der Waals surface area contributed by atoms with Crippen molar-refractivity contribution in [1.29, 1.82) is 0 Å². The summed E-state index contributed by atoms with van der Waals surface area (Å²) in [5, 5.41) is 63.6. The van der Waals surface area contributed by atoms with Crippen molar-refractivity contribution < 1.29 is 106 Å². The zero-order valence-electron chi connectivity index (χ0n) is 81.5. The number of amides is 2. The minimum atomic E-state index is -5.63. The van der Waals surface area contributed by atoms with E-state index < -0.39 is 168 Å². The Kier molecular flexibility index (Phi) is 77.4. The minimum absolute atomic E-state index is 0.112. The fourth-order valence-corrected chi connectivity index (χ4v) is 18.4. The monoisotopic (exact) mass is 1830 g/mol. The summed E-state index contributed by atoms with van der Waals surface area (Å²) in [5.74, 6) is -4.53. The van der Waals surface area contributed by atoms with Gasteiger partial charge in [-0.2, -0.15) is 0 Å². The number of rotatable bonds is 90. The van der Waals surface area contributed by atoms with E-state index >= 15 is 9.59 Å². The Balaban J connectivity index is 2.73. The van der Waals surface area contributed by atoms with Gasteiger partial charge in [0.25, 0.3) is 0 Å². The molecule has 2 fully saturated rings. The molecule has 0 bridgehead atoms. The number of hydrogen-bond acceptors (Lipinski definition) is 20. The summed E-state index contributed by atoms with van der Waals surface area (Å²) in [4.78, 5) is 107. The van der Waals surface area contributed by atoms with Gasteiger partial charge in [-0.15, -0.1) is 0 Å². The molecule has 0 aliphatic carbocycles. The van der Waals surface area contributed by atoms with Crippen molar-refractivity contribution in [2.45, 2.75) is 602 Å². The molecule has 25 heteroatoms. The molecular formula is C102H193N2O22P. The van der Waals surface area contributed by atoms with Crippen LogP contribution in [-0.2, 0) is 71.0 Å². The molecule has 0 spiro atoms. The van der Waals surface area contributed by atoms with Gasteiger partial charge in [0, 0.05) is 12.8 Å². The van der Waals surface area contributed by atoms with E-state index in [2.05, 4.69) is 52.2 Å². The molecule has 2 rings (SSSR count). The second kappa shape index (κ2) is 82.1. The van der Waals surface area contributed by atoms with E-state index in [9.17, 15) is 59.1 Å². The lowest BCUT2D eigenvalue weighted by Gasteiger charge is -2.46. The van der Waals surface area contributed by atoms with Gasteiger partial charge < -0.3 is 79.1 Å². The summed E-state index contributed by atoms with van der Waals surface area (Å²) in [6.07, 6.45) is 48.6. The number of hydrogen-bond donors (Lipinski definition) is 9. The highest BCUT2D eigenvalue weighted by atomic mass is 31.2. The highest BCUT2D eigenvalue weighted by Gasteiger charge is 2.54. The van der Waals surface area contributed by atoms with Crippen molar-refractivity contribution in [1.82, 2.24) is 10.6 Å². The van der Waals surface area contributed by atoms with Gasteiger partial charge in [0.15, 0.2) is 24.8 Å². The van der Waals surface area contributed by atoms with E-state index in [0.717, 1.165) is 180 Å². The maximum atomic E-state index is 15.2. The Morgan fingerprint density at radius 1 is 0.331 bits per heavy atom. The number of unbranched alkanes of at least 4 members (excludes halogenated alkanes) is 58. The van der Waals surface area contributed by atoms with Crippen molar-refractivity contribution in [3.63, 3.8) is 0 Å². The second-order valence-electron chi connectivity index (χ2n) is 37.8. The fraction of sp³-hybridized carbons (Fsp3) is 0.941. The van der Waals surface area contributed by atoms with Crippen molar-refractivity contribution in [2.24, 2.45) is 0 Å². The van der Waals surface area contributed by atoms with Gasteiger partial charge in [-0.25, -0.2) is 4.57 Å². The van der Waals surface area contributed by atoms with E-state index in [1.165, 1.54) is 193 Å².